The Balaban J connectivity index is 1.10. The van der Waals surface area contributed by atoms with Gasteiger partial charge in [0.05, 0.1) is 17.2 Å². The maximum atomic E-state index is 13.3. The summed E-state index contributed by atoms with van der Waals surface area (Å²) in [6, 6.07) is 11.8. The molecule has 4 N–H and O–H groups in total. The summed E-state index contributed by atoms with van der Waals surface area (Å²) in [6.45, 7) is 8.44. The maximum absolute atomic E-state index is 13.3. The molecular formula is C33H41N5O5. The molecule has 2 aromatic rings. The molecular weight excluding hydrogens is 546 g/mol. The van der Waals surface area contributed by atoms with Gasteiger partial charge in [0, 0.05) is 31.7 Å². The van der Waals surface area contributed by atoms with E-state index in [-0.39, 0.29) is 35.3 Å². The van der Waals surface area contributed by atoms with Crippen LogP contribution in [0.5, 0.6) is 0 Å². The van der Waals surface area contributed by atoms with Crippen molar-refractivity contribution in [3.8, 4) is 0 Å². The van der Waals surface area contributed by atoms with E-state index in [2.05, 4.69) is 55.7 Å². The number of benzene rings is 2. The van der Waals surface area contributed by atoms with Gasteiger partial charge in [-0.1, -0.05) is 51.1 Å². The van der Waals surface area contributed by atoms with Crippen LogP contribution >= 0.6 is 0 Å². The zero-order valence-corrected chi connectivity index (χ0v) is 25.2. The van der Waals surface area contributed by atoms with E-state index in [1.54, 1.807) is 18.2 Å². The van der Waals surface area contributed by atoms with Crippen LogP contribution in [0.25, 0.3) is 0 Å². The molecule has 3 aliphatic heterocycles. The Morgan fingerprint density at radius 2 is 1.70 bits per heavy atom. The first-order valence-electron chi connectivity index (χ1n) is 15.2. The van der Waals surface area contributed by atoms with Crippen molar-refractivity contribution in [3.63, 3.8) is 0 Å². The molecule has 3 heterocycles. The van der Waals surface area contributed by atoms with E-state index in [0.29, 0.717) is 37.7 Å². The van der Waals surface area contributed by atoms with E-state index >= 15 is 0 Å². The zero-order chi connectivity index (χ0) is 30.9. The van der Waals surface area contributed by atoms with Crippen molar-refractivity contribution in [2.75, 3.05) is 25.0 Å². The second-order valence-electron chi connectivity index (χ2n) is 12.9. The molecule has 228 valence electrons. The lowest BCUT2D eigenvalue weighted by Crippen LogP contribution is -2.54. The van der Waals surface area contributed by atoms with Crippen molar-refractivity contribution >= 4 is 35.2 Å². The van der Waals surface area contributed by atoms with Crippen LogP contribution in [0.2, 0.25) is 0 Å². The lowest BCUT2D eigenvalue weighted by Gasteiger charge is -2.33. The highest BCUT2D eigenvalue weighted by atomic mass is 16.2. The quantitative estimate of drug-likeness (QED) is 0.403. The summed E-state index contributed by atoms with van der Waals surface area (Å²) in [4.78, 5) is 66.2. The predicted octanol–water partition coefficient (Wildman–Crippen LogP) is 3.00. The van der Waals surface area contributed by atoms with Gasteiger partial charge in [0.25, 0.3) is 11.8 Å². The van der Waals surface area contributed by atoms with Crippen LogP contribution in [-0.2, 0) is 26.2 Å². The zero-order valence-electron chi connectivity index (χ0n) is 25.2. The Morgan fingerprint density at radius 3 is 2.35 bits per heavy atom. The van der Waals surface area contributed by atoms with Crippen LogP contribution in [0.3, 0.4) is 0 Å². The third-order valence-electron chi connectivity index (χ3n) is 8.86. The minimum Gasteiger partial charge on any atom is -0.384 e. The van der Waals surface area contributed by atoms with Gasteiger partial charge in [0.2, 0.25) is 17.7 Å². The predicted molar refractivity (Wildman–Crippen MR) is 162 cm³/mol. The fourth-order valence-corrected chi connectivity index (χ4v) is 6.23. The highest BCUT2D eigenvalue weighted by molar-refractivity contribution is 6.25. The molecule has 43 heavy (non-hydrogen) atoms. The molecule has 2 aromatic carbocycles. The number of imide groups is 2. The standard InChI is InChI=1S/C33H41N5O5/c1-33(2,3)22-9-7-21(8-10-22)19-24(34)31(42)37-17-14-20(15-18-37)13-16-35-25-6-4-5-23-28(25)32(43)38(30(23)41)26-11-12-27(39)36-29(26)40/h4-10,20,24,26,35H,11-19,34H2,1-3H3,(H,36,39,40). The monoisotopic (exact) mass is 587 g/mol. The van der Waals surface area contributed by atoms with Gasteiger partial charge in [0.15, 0.2) is 0 Å². The molecule has 0 radical (unpaired) electrons. The van der Waals surface area contributed by atoms with Gasteiger partial charge in [-0.3, -0.25) is 34.2 Å². The molecule has 5 rings (SSSR count). The summed E-state index contributed by atoms with van der Waals surface area (Å²) in [7, 11) is 0. The molecule has 0 aromatic heterocycles. The van der Waals surface area contributed by atoms with Crippen LogP contribution in [0.1, 0.15) is 84.7 Å². The van der Waals surface area contributed by atoms with Crippen LogP contribution in [-0.4, -0.2) is 71.1 Å². The number of hydrogen-bond acceptors (Lipinski definition) is 7. The van der Waals surface area contributed by atoms with E-state index < -0.39 is 35.7 Å². The molecule has 3 aliphatic rings. The first-order chi connectivity index (χ1) is 20.4. The van der Waals surface area contributed by atoms with E-state index in [0.717, 1.165) is 29.7 Å². The Morgan fingerprint density at radius 1 is 1.00 bits per heavy atom. The minimum absolute atomic E-state index is 0.0138. The molecule has 0 bridgehead atoms. The van der Waals surface area contributed by atoms with Crippen molar-refractivity contribution < 1.29 is 24.0 Å². The van der Waals surface area contributed by atoms with E-state index in [1.807, 2.05) is 4.90 Å². The Bertz CT molecular complexity index is 1420. The Kier molecular flexibility index (Phi) is 8.69. The molecule has 2 saturated heterocycles. The summed E-state index contributed by atoms with van der Waals surface area (Å²) in [5, 5.41) is 5.54. The second-order valence-corrected chi connectivity index (χ2v) is 12.9. The number of carbonyl (C=O) groups excluding carboxylic acids is 5. The number of likely N-dealkylation sites (tertiary alicyclic amines) is 1. The number of piperidine rings is 2. The van der Waals surface area contributed by atoms with Gasteiger partial charge in [-0.15, -0.1) is 0 Å². The number of amides is 5. The molecule has 5 amide bonds. The number of fused-ring (bicyclic) bond motifs is 1. The van der Waals surface area contributed by atoms with Crippen LogP contribution in [0, 0.1) is 5.92 Å². The molecule has 10 nitrogen and oxygen atoms in total. The van der Waals surface area contributed by atoms with Crippen LogP contribution < -0.4 is 16.4 Å². The summed E-state index contributed by atoms with van der Waals surface area (Å²) in [5.41, 5.74) is 9.79. The van der Waals surface area contributed by atoms with Gasteiger partial charge in [-0.05, 0) is 66.7 Å². The molecule has 2 fully saturated rings. The van der Waals surface area contributed by atoms with Crippen LogP contribution in [0.4, 0.5) is 5.69 Å². The van der Waals surface area contributed by atoms with Crippen molar-refractivity contribution in [2.45, 2.75) is 76.8 Å². The van der Waals surface area contributed by atoms with E-state index in [1.165, 1.54) is 5.56 Å². The highest BCUT2D eigenvalue weighted by Crippen LogP contribution is 2.33. The molecule has 2 atom stereocenters. The first-order valence-corrected chi connectivity index (χ1v) is 15.2. The Hall–Kier alpha value is -4.05. The summed E-state index contributed by atoms with van der Waals surface area (Å²) >= 11 is 0. The molecule has 0 saturated carbocycles. The largest absolute Gasteiger partial charge is 0.384 e. The number of anilines is 1. The van der Waals surface area contributed by atoms with Crippen molar-refractivity contribution in [3.05, 3.63) is 64.7 Å². The Labute approximate surface area is 252 Å². The van der Waals surface area contributed by atoms with Crippen molar-refractivity contribution in [1.29, 1.82) is 0 Å². The van der Waals surface area contributed by atoms with Gasteiger partial charge in [-0.2, -0.15) is 0 Å². The normalized spacial score (nSPS) is 20.2. The van der Waals surface area contributed by atoms with E-state index in [9.17, 15) is 24.0 Å². The summed E-state index contributed by atoms with van der Waals surface area (Å²) < 4.78 is 0. The van der Waals surface area contributed by atoms with Gasteiger partial charge in [-0.25, -0.2) is 0 Å². The summed E-state index contributed by atoms with van der Waals surface area (Å²) in [6.07, 6.45) is 3.29. The third-order valence-corrected chi connectivity index (χ3v) is 8.86. The molecule has 0 aliphatic carbocycles. The number of hydrogen-bond donors (Lipinski definition) is 3. The third kappa shape index (κ3) is 6.49. The lowest BCUT2D eigenvalue weighted by atomic mass is 9.86. The molecule has 0 spiro atoms. The van der Waals surface area contributed by atoms with Gasteiger partial charge in [0.1, 0.15) is 6.04 Å². The van der Waals surface area contributed by atoms with Crippen molar-refractivity contribution in [1.82, 2.24) is 15.1 Å². The molecule has 10 heteroatoms. The number of carbonyl (C=O) groups is 5. The van der Waals surface area contributed by atoms with Crippen LogP contribution in [0.15, 0.2) is 42.5 Å². The topological polar surface area (TPSA) is 142 Å². The number of nitrogens with zero attached hydrogens (tertiary/aromatic N) is 2. The highest BCUT2D eigenvalue weighted by Gasteiger charge is 2.45. The number of nitrogens with two attached hydrogens (primary N) is 1. The SMILES string of the molecule is CC(C)(C)c1ccc(CC(N)C(=O)N2CCC(CCNc3cccc4c3C(=O)N(C3CCC(=O)NC3=O)C4=O)CC2)cc1. The average Bonchev–Trinajstić information content (AvgIpc) is 3.23. The van der Waals surface area contributed by atoms with Crippen molar-refractivity contribution in [2.24, 2.45) is 11.7 Å². The molecule has 2 unspecified atom stereocenters. The minimum atomic E-state index is -0.993. The smallest absolute Gasteiger partial charge is 0.264 e. The number of nitrogens with one attached hydrogen (secondary N) is 2. The first kappa shape index (κ1) is 30.4. The van der Waals surface area contributed by atoms with Gasteiger partial charge < -0.3 is 16.0 Å². The van der Waals surface area contributed by atoms with E-state index in [4.69, 9.17) is 5.73 Å². The average molecular weight is 588 g/mol. The maximum Gasteiger partial charge on any atom is 0.264 e. The summed E-state index contributed by atoms with van der Waals surface area (Å²) in [5.74, 6) is -1.67. The fraction of sp³-hybridized carbons (Fsp3) is 0.485. The number of rotatable bonds is 8. The second kappa shape index (κ2) is 12.3. The van der Waals surface area contributed by atoms with Gasteiger partial charge >= 0.3 is 0 Å². The lowest BCUT2D eigenvalue weighted by molar-refractivity contribution is -0.136. The fourth-order valence-electron chi connectivity index (χ4n) is 6.23.